The van der Waals surface area contributed by atoms with Crippen molar-refractivity contribution in [2.75, 3.05) is 11.4 Å². The van der Waals surface area contributed by atoms with Crippen molar-refractivity contribution in [2.45, 2.75) is 13.3 Å². The van der Waals surface area contributed by atoms with E-state index in [1.165, 1.54) is 0 Å². The zero-order valence-corrected chi connectivity index (χ0v) is 8.01. The quantitative estimate of drug-likeness (QED) is 0.684. The molecule has 68 valence electrons. The third-order valence-corrected chi connectivity index (χ3v) is 2.53. The molecule has 0 saturated carbocycles. The summed E-state index contributed by atoms with van der Waals surface area (Å²) in [6.45, 7) is 2.58. The van der Waals surface area contributed by atoms with Gasteiger partial charge < -0.3 is 0 Å². The fourth-order valence-electron chi connectivity index (χ4n) is 1.55. The van der Waals surface area contributed by atoms with E-state index in [0.717, 1.165) is 11.4 Å². The highest BCUT2D eigenvalue weighted by atomic mass is 35.5. The maximum absolute atomic E-state index is 11.4. The Labute approximate surface area is 81.3 Å². The number of nitrogens with zero attached hydrogens (tertiary/aromatic N) is 2. The zero-order valence-electron chi connectivity index (χ0n) is 7.25. The van der Waals surface area contributed by atoms with E-state index in [1.54, 1.807) is 17.2 Å². The van der Waals surface area contributed by atoms with Gasteiger partial charge in [-0.1, -0.05) is 11.6 Å². The molecule has 4 heteroatoms. The van der Waals surface area contributed by atoms with Crippen molar-refractivity contribution in [3.8, 4) is 0 Å². The van der Waals surface area contributed by atoms with E-state index in [2.05, 4.69) is 4.98 Å². The Kier molecular flexibility index (Phi) is 1.96. The summed E-state index contributed by atoms with van der Waals surface area (Å²) in [5, 5.41) is 0.634. The van der Waals surface area contributed by atoms with Crippen LogP contribution in [0.15, 0.2) is 12.3 Å². The summed E-state index contributed by atoms with van der Waals surface area (Å²) in [4.78, 5) is 17.2. The smallest absolute Gasteiger partial charge is 0.232 e. The van der Waals surface area contributed by atoms with Crippen molar-refractivity contribution in [3.05, 3.63) is 22.8 Å². The van der Waals surface area contributed by atoms with Crippen LogP contribution >= 0.6 is 11.6 Å². The van der Waals surface area contributed by atoms with Gasteiger partial charge in [0.1, 0.15) is 5.82 Å². The number of amides is 1. The number of likely N-dealkylation sites (N-methyl/N-ethyl adjacent to an activating group) is 1. The number of pyridine rings is 1. The summed E-state index contributed by atoms with van der Waals surface area (Å²) >= 11 is 5.94. The van der Waals surface area contributed by atoms with Crippen LogP contribution in [0.4, 0.5) is 5.82 Å². The number of carbonyl (C=O) groups is 1. The van der Waals surface area contributed by atoms with E-state index in [4.69, 9.17) is 11.6 Å². The topological polar surface area (TPSA) is 33.2 Å². The maximum atomic E-state index is 11.4. The monoisotopic (exact) mass is 196 g/mol. The second-order valence-electron chi connectivity index (χ2n) is 2.91. The van der Waals surface area contributed by atoms with Crippen molar-refractivity contribution < 1.29 is 4.79 Å². The van der Waals surface area contributed by atoms with Crippen LogP contribution in [-0.2, 0) is 11.2 Å². The number of anilines is 1. The fraction of sp³-hybridized carbons (Fsp3) is 0.333. The van der Waals surface area contributed by atoms with Gasteiger partial charge in [-0.05, 0) is 13.0 Å². The van der Waals surface area contributed by atoms with Gasteiger partial charge in [-0.3, -0.25) is 9.69 Å². The second-order valence-corrected chi connectivity index (χ2v) is 3.32. The first-order chi connectivity index (χ1) is 6.24. The van der Waals surface area contributed by atoms with Crippen molar-refractivity contribution in [3.63, 3.8) is 0 Å². The molecule has 0 aliphatic carbocycles. The van der Waals surface area contributed by atoms with Gasteiger partial charge >= 0.3 is 0 Å². The highest BCUT2D eigenvalue weighted by molar-refractivity contribution is 6.32. The molecule has 13 heavy (non-hydrogen) atoms. The van der Waals surface area contributed by atoms with E-state index in [1.807, 2.05) is 6.92 Å². The molecule has 3 nitrogen and oxygen atoms in total. The summed E-state index contributed by atoms with van der Waals surface area (Å²) in [5.41, 5.74) is 0.857. The average molecular weight is 197 g/mol. The van der Waals surface area contributed by atoms with Crippen molar-refractivity contribution >= 4 is 23.3 Å². The van der Waals surface area contributed by atoms with Gasteiger partial charge in [0.25, 0.3) is 0 Å². The molecule has 1 aliphatic heterocycles. The second kappa shape index (κ2) is 3.00. The van der Waals surface area contributed by atoms with Crippen LogP contribution in [-0.4, -0.2) is 17.4 Å². The molecule has 0 spiro atoms. The van der Waals surface area contributed by atoms with Gasteiger partial charge in [-0.2, -0.15) is 0 Å². The predicted octanol–water partition coefficient (Wildman–Crippen LogP) is 1.64. The standard InChI is InChI=1S/C9H9ClN2O/c1-2-12-8(13)5-6-7(10)3-4-11-9(6)12/h3-4H,2,5H2,1H3. The SMILES string of the molecule is CCN1C(=O)Cc2c(Cl)ccnc21. The molecule has 0 fully saturated rings. The lowest BCUT2D eigenvalue weighted by molar-refractivity contribution is -0.117. The van der Waals surface area contributed by atoms with Crippen LogP contribution in [0.3, 0.4) is 0 Å². The molecular weight excluding hydrogens is 188 g/mol. The third-order valence-electron chi connectivity index (χ3n) is 2.18. The molecule has 1 amide bonds. The lowest BCUT2D eigenvalue weighted by Crippen LogP contribution is -2.26. The van der Waals surface area contributed by atoms with Gasteiger partial charge in [0.05, 0.1) is 6.42 Å². The molecule has 0 bridgehead atoms. The Morgan fingerprint density at radius 1 is 1.69 bits per heavy atom. The fourth-order valence-corrected chi connectivity index (χ4v) is 1.75. The number of fused-ring (bicyclic) bond motifs is 1. The molecule has 1 aromatic rings. The molecule has 0 radical (unpaired) electrons. The maximum Gasteiger partial charge on any atom is 0.232 e. The highest BCUT2D eigenvalue weighted by Crippen LogP contribution is 2.31. The first kappa shape index (κ1) is 8.51. The average Bonchev–Trinajstić information content (AvgIpc) is 2.43. The van der Waals surface area contributed by atoms with Crippen molar-refractivity contribution in [1.29, 1.82) is 0 Å². The van der Waals surface area contributed by atoms with Crippen molar-refractivity contribution in [2.24, 2.45) is 0 Å². The van der Waals surface area contributed by atoms with Crippen molar-refractivity contribution in [1.82, 2.24) is 4.98 Å². The largest absolute Gasteiger partial charge is 0.297 e. The summed E-state index contributed by atoms with van der Waals surface area (Å²) in [7, 11) is 0. The third kappa shape index (κ3) is 1.20. The summed E-state index contributed by atoms with van der Waals surface area (Å²) in [6, 6.07) is 1.72. The first-order valence-electron chi connectivity index (χ1n) is 4.17. The molecule has 2 heterocycles. The number of rotatable bonds is 1. The molecule has 0 aromatic carbocycles. The first-order valence-corrected chi connectivity index (χ1v) is 4.55. The number of hydrogen-bond acceptors (Lipinski definition) is 2. The molecule has 1 aromatic heterocycles. The van der Waals surface area contributed by atoms with E-state index >= 15 is 0 Å². The predicted molar refractivity (Wildman–Crippen MR) is 51.0 cm³/mol. The summed E-state index contributed by atoms with van der Waals surface area (Å²) in [6.07, 6.45) is 2.01. The molecule has 1 aliphatic rings. The van der Waals surface area contributed by atoms with E-state index in [0.29, 0.717) is 18.0 Å². The Hall–Kier alpha value is -1.09. The number of halogens is 1. The molecule has 2 rings (SSSR count). The lowest BCUT2D eigenvalue weighted by atomic mass is 10.2. The Bertz CT molecular complexity index is 365. The van der Waals surface area contributed by atoms with Gasteiger partial charge in [0.2, 0.25) is 5.91 Å². The lowest BCUT2D eigenvalue weighted by Gasteiger charge is -2.12. The summed E-state index contributed by atoms with van der Waals surface area (Å²) < 4.78 is 0. The Morgan fingerprint density at radius 3 is 3.15 bits per heavy atom. The van der Waals surface area contributed by atoms with Crippen LogP contribution in [0, 0.1) is 0 Å². The zero-order chi connectivity index (χ0) is 9.42. The number of hydrogen-bond donors (Lipinski definition) is 0. The summed E-state index contributed by atoms with van der Waals surface area (Å²) in [5.74, 6) is 0.804. The van der Waals surface area contributed by atoms with E-state index in [9.17, 15) is 4.79 Å². The van der Waals surface area contributed by atoms with E-state index < -0.39 is 0 Å². The van der Waals surface area contributed by atoms with Crippen LogP contribution < -0.4 is 4.90 Å². The minimum atomic E-state index is 0.0816. The number of aromatic nitrogens is 1. The van der Waals surface area contributed by atoms with Gasteiger partial charge in [-0.15, -0.1) is 0 Å². The van der Waals surface area contributed by atoms with Gasteiger partial charge in [0.15, 0.2) is 0 Å². The molecular formula is C9H9ClN2O. The Morgan fingerprint density at radius 2 is 2.46 bits per heavy atom. The minimum Gasteiger partial charge on any atom is -0.297 e. The molecule has 0 unspecified atom stereocenters. The molecule has 0 saturated heterocycles. The van der Waals surface area contributed by atoms with Crippen LogP contribution in [0.1, 0.15) is 12.5 Å². The van der Waals surface area contributed by atoms with Gasteiger partial charge in [0, 0.05) is 23.3 Å². The Balaban J connectivity index is 2.54. The van der Waals surface area contributed by atoms with E-state index in [-0.39, 0.29) is 5.91 Å². The van der Waals surface area contributed by atoms with Crippen LogP contribution in [0.5, 0.6) is 0 Å². The molecule has 0 atom stereocenters. The van der Waals surface area contributed by atoms with Gasteiger partial charge in [-0.25, -0.2) is 4.98 Å². The van der Waals surface area contributed by atoms with Crippen LogP contribution in [0.2, 0.25) is 5.02 Å². The van der Waals surface area contributed by atoms with Crippen LogP contribution in [0.25, 0.3) is 0 Å². The number of carbonyl (C=O) groups excluding carboxylic acids is 1. The normalized spacial score (nSPS) is 14.9. The molecule has 0 N–H and O–H groups in total. The highest BCUT2D eigenvalue weighted by Gasteiger charge is 2.28. The minimum absolute atomic E-state index is 0.0816.